The summed E-state index contributed by atoms with van der Waals surface area (Å²) in [4.78, 5) is 9.10. The Kier molecular flexibility index (Phi) is 6.97. The second-order valence-electron chi connectivity index (χ2n) is 9.41. The summed E-state index contributed by atoms with van der Waals surface area (Å²) in [5, 5.41) is 34.4. The molecule has 1 fully saturated rings. The van der Waals surface area contributed by atoms with Crippen LogP contribution in [0.4, 0.5) is 8.78 Å². The van der Waals surface area contributed by atoms with E-state index >= 15 is 0 Å². The number of rotatable bonds is 5. The van der Waals surface area contributed by atoms with Crippen molar-refractivity contribution in [3.8, 4) is 16.9 Å². The Morgan fingerprint density at radius 2 is 1.93 bits per heavy atom. The number of aliphatic hydroxyl groups excluding tert-OH is 2. The number of aliphatic hydroxyl groups is 2. The Morgan fingerprint density at radius 3 is 2.67 bits per heavy atom. The summed E-state index contributed by atoms with van der Waals surface area (Å²) in [6.07, 6.45) is 0.352. The molecule has 1 saturated heterocycles. The molecular formula is C26H21Cl2F2N7O3. The predicted octanol–water partition coefficient (Wildman–Crippen LogP) is 4.39. The van der Waals surface area contributed by atoms with E-state index in [1.54, 1.807) is 36.0 Å². The van der Waals surface area contributed by atoms with Gasteiger partial charge in [0, 0.05) is 28.6 Å². The second-order valence-corrected chi connectivity index (χ2v) is 10.2. The van der Waals surface area contributed by atoms with Gasteiger partial charge in [0.25, 0.3) is 0 Å². The van der Waals surface area contributed by atoms with Gasteiger partial charge in [0.05, 0.1) is 30.0 Å². The van der Waals surface area contributed by atoms with E-state index in [1.807, 2.05) is 6.07 Å². The third-order valence-electron chi connectivity index (χ3n) is 6.78. The molecule has 10 nitrogen and oxygen atoms in total. The molecule has 3 aromatic heterocycles. The lowest BCUT2D eigenvalue weighted by Crippen LogP contribution is -2.45. The van der Waals surface area contributed by atoms with Crippen molar-refractivity contribution in [3.05, 3.63) is 82.1 Å². The minimum atomic E-state index is -1.18. The Hall–Kier alpha value is -3.55. The highest BCUT2D eigenvalue weighted by molar-refractivity contribution is 6.31. The molecule has 206 valence electrons. The summed E-state index contributed by atoms with van der Waals surface area (Å²) in [6.45, 7) is 1.24. The van der Waals surface area contributed by atoms with Gasteiger partial charge in [-0.3, -0.25) is 4.98 Å². The highest BCUT2D eigenvalue weighted by Crippen LogP contribution is 2.39. The lowest BCUT2D eigenvalue weighted by atomic mass is 9.95. The molecule has 5 aromatic rings. The Morgan fingerprint density at radius 1 is 1.15 bits per heavy atom. The highest BCUT2D eigenvalue weighted by Gasteiger charge is 2.42. The maximum absolute atomic E-state index is 14.0. The van der Waals surface area contributed by atoms with Crippen molar-refractivity contribution in [2.75, 3.05) is 6.61 Å². The van der Waals surface area contributed by atoms with Gasteiger partial charge in [0.15, 0.2) is 5.82 Å². The lowest BCUT2D eigenvalue weighted by Gasteiger charge is -2.38. The standard InChI is InChI=1S/C26H21Cl2F2N7O3/c1-12-32-26(37(34-12)19-8-15(27)5-13-3-2-4-31-24(13)19)21-9-20(25(39)22(11-38)40-21)36-10-18(33-35-36)14-6-16(29)23(28)17(30)7-14/h2-8,10,20-22,25,38-39H,9,11H2,1H3. The van der Waals surface area contributed by atoms with Crippen LogP contribution in [-0.2, 0) is 4.74 Å². The van der Waals surface area contributed by atoms with Crippen molar-refractivity contribution in [3.63, 3.8) is 0 Å². The molecule has 1 aliphatic rings. The fraction of sp³-hybridized carbons (Fsp3) is 0.269. The van der Waals surface area contributed by atoms with Gasteiger partial charge >= 0.3 is 0 Å². The minimum Gasteiger partial charge on any atom is -0.394 e. The van der Waals surface area contributed by atoms with Gasteiger partial charge < -0.3 is 14.9 Å². The molecular weight excluding hydrogens is 567 g/mol. The van der Waals surface area contributed by atoms with E-state index in [9.17, 15) is 19.0 Å². The van der Waals surface area contributed by atoms with Crippen molar-refractivity contribution < 1.29 is 23.7 Å². The minimum absolute atomic E-state index is 0.123. The van der Waals surface area contributed by atoms with Gasteiger partial charge in [0.1, 0.15) is 46.5 Å². The summed E-state index contributed by atoms with van der Waals surface area (Å²) >= 11 is 12.0. The fourth-order valence-electron chi connectivity index (χ4n) is 4.93. The van der Waals surface area contributed by atoms with Crippen LogP contribution in [0.3, 0.4) is 0 Å². The van der Waals surface area contributed by atoms with Crippen LogP contribution in [0.1, 0.15) is 30.2 Å². The van der Waals surface area contributed by atoms with Gasteiger partial charge in [-0.05, 0) is 37.3 Å². The molecule has 0 saturated carbocycles. The molecule has 0 amide bonds. The van der Waals surface area contributed by atoms with E-state index in [1.165, 1.54) is 10.9 Å². The molecule has 2 aromatic carbocycles. The maximum Gasteiger partial charge on any atom is 0.161 e. The van der Waals surface area contributed by atoms with Gasteiger partial charge in [-0.15, -0.1) is 5.10 Å². The molecule has 0 bridgehead atoms. The molecule has 0 aliphatic carbocycles. The van der Waals surface area contributed by atoms with Crippen LogP contribution in [0.5, 0.6) is 0 Å². The molecule has 0 spiro atoms. The zero-order chi connectivity index (χ0) is 28.1. The van der Waals surface area contributed by atoms with Crippen LogP contribution >= 0.6 is 23.2 Å². The number of aryl methyl sites for hydroxylation is 1. The van der Waals surface area contributed by atoms with Crippen LogP contribution in [-0.4, -0.2) is 63.8 Å². The number of nitrogens with zero attached hydrogens (tertiary/aromatic N) is 7. The zero-order valence-electron chi connectivity index (χ0n) is 20.8. The molecule has 40 heavy (non-hydrogen) atoms. The van der Waals surface area contributed by atoms with E-state index in [0.29, 0.717) is 27.9 Å². The normalized spacial score (nSPS) is 21.3. The first-order valence-corrected chi connectivity index (χ1v) is 13.0. The third kappa shape index (κ3) is 4.71. The molecule has 0 radical (unpaired) electrons. The topological polar surface area (TPSA) is 124 Å². The first-order valence-electron chi connectivity index (χ1n) is 12.2. The summed E-state index contributed by atoms with van der Waals surface area (Å²) in [5.41, 5.74) is 1.52. The molecule has 4 unspecified atom stereocenters. The smallest absolute Gasteiger partial charge is 0.161 e. The SMILES string of the molecule is Cc1nc(C2CC(n3cc(-c4cc(F)c(Cl)c(F)c4)nn3)C(O)C(CO)O2)n(-c2cc(Cl)cc3cccnc23)n1. The largest absolute Gasteiger partial charge is 0.394 e. The van der Waals surface area contributed by atoms with Crippen LogP contribution < -0.4 is 0 Å². The fourth-order valence-corrected chi connectivity index (χ4v) is 5.26. The quantitative estimate of drug-likeness (QED) is 0.290. The maximum atomic E-state index is 14.0. The Labute approximate surface area is 235 Å². The van der Waals surface area contributed by atoms with Crippen molar-refractivity contribution >= 4 is 34.1 Å². The van der Waals surface area contributed by atoms with E-state index in [-0.39, 0.29) is 17.7 Å². The van der Waals surface area contributed by atoms with Gasteiger partial charge in [-0.2, -0.15) is 5.10 Å². The van der Waals surface area contributed by atoms with E-state index < -0.39 is 47.6 Å². The summed E-state index contributed by atoms with van der Waals surface area (Å²) in [5.74, 6) is -1.00. The zero-order valence-corrected chi connectivity index (χ0v) is 22.3. The first-order chi connectivity index (χ1) is 19.2. The molecule has 6 rings (SSSR count). The van der Waals surface area contributed by atoms with E-state index in [2.05, 4.69) is 25.4 Å². The summed E-state index contributed by atoms with van der Waals surface area (Å²) in [6, 6.07) is 8.57. The Bertz CT molecular complexity index is 1710. The monoisotopic (exact) mass is 587 g/mol. The molecule has 4 heterocycles. The van der Waals surface area contributed by atoms with E-state index in [4.69, 9.17) is 27.9 Å². The molecule has 2 N–H and O–H groups in total. The molecule has 1 aliphatic heterocycles. The van der Waals surface area contributed by atoms with Crippen LogP contribution in [0.15, 0.2) is 48.8 Å². The number of pyridine rings is 1. The molecule has 4 atom stereocenters. The van der Waals surface area contributed by atoms with Crippen molar-refractivity contribution in [2.24, 2.45) is 0 Å². The van der Waals surface area contributed by atoms with Crippen molar-refractivity contribution in [2.45, 2.75) is 37.7 Å². The molecule has 14 heteroatoms. The van der Waals surface area contributed by atoms with Gasteiger partial charge in [-0.25, -0.2) is 23.1 Å². The number of hydrogen-bond acceptors (Lipinski definition) is 8. The summed E-state index contributed by atoms with van der Waals surface area (Å²) < 4.78 is 37.2. The number of aromatic nitrogens is 7. The third-order valence-corrected chi connectivity index (χ3v) is 7.36. The Balaban J connectivity index is 1.39. The lowest BCUT2D eigenvalue weighted by molar-refractivity contribution is -0.161. The van der Waals surface area contributed by atoms with Crippen LogP contribution in [0.25, 0.3) is 27.8 Å². The van der Waals surface area contributed by atoms with Gasteiger partial charge in [0.2, 0.25) is 0 Å². The highest BCUT2D eigenvalue weighted by atomic mass is 35.5. The van der Waals surface area contributed by atoms with Crippen LogP contribution in [0, 0.1) is 18.6 Å². The first kappa shape index (κ1) is 26.7. The number of halogens is 4. The predicted molar refractivity (Wildman–Crippen MR) is 141 cm³/mol. The number of benzene rings is 2. The van der Waals surface area contributed by atoms with Crippen molar-refractivity contribution in [1.29, 1.82) is 0 Å². The van der Waals surface area contributed by atoms with Crippen molar-refractivity contribution in [1.82, 2.24) is 34.7 Å². The van der Waals surface area contributed by atoms with Crippen LogP contribution in [0.2, 0.25) is 10.0 Å². The number of hydrogen-bond donors (Lipinski definition) is 2. The number of ether oxygens (including phenoxy) is 1. The van der Waals surface area contributed by atoms with Gasteiger partial charge in [-0.1, -0.05) is 34.5 Å². The average Bonchev–Trinajstić information content (AvgIpc) is 3.58. The average molecular weight is 588 g/mol. The van der Waals surface area contributed by atoms with E-state index in [0.717, 1.165) is 17.5 Å². The summed E-state index contributed by atoms with van der Waals surface area (Å²) in [7, 11) is 0. The number of fused-ring (bicyclic) bond motifs is 1. The second kappa shape index (κ2) is 10.5.